The zero-order valence-electron chi connectivity index (χ0n) is 16.6. The molecule has 1 saturated carbocycles. The van der Waals surface area contributed by atoms with Gasteiger partial charge in [-0.15, -0.1) is 0 Å². The van der Waals surface area contributed by atoms with Gasteiger partial charge in [-0.3, -0.25) is 14.3 Å². The van der Waals surface area contributed by atoms with E-state index in [1.165, 1.54) is 16.4 Å². The Balaban J connectivity index is 1.40. The number of carbonyl (C=O) groups excluding carboxylic acids is 2. The number of fused-ring (bicyclic) bond motifs is 1. The number of hydrogen-bond acceptors (Lipinski definition) is 4. The quantitative estimate of drug-likeness (QED) is 0.698. The lowest BCUT2D eigenvalue weighted by atomic mass is 10.1. The number of aryl methyl sites for hydroxylation is 1. The number of nitrogens with zero attached hydrogens (tertiary/aromatic N) is 4. The molecule has 1 atom stereocenters. The fourth-order valence-corrected chi connectivity index (χ4v) is 3.68. The van der Waals surface area contributed by atoms with Crippen molar-refractivity contribution in [3.8, 4) is 0 Å². The molecule has 0 bridgehead atoms. The molecule has 152 valence electrons. The Morgan fingerprint density at radius 1 is 1.20 bits per heavy atom. The van der Waals surface area contributed by atoms with Crippen LogP contribution in [0.3, 0.4) is 0 Å². The van der Waals surface area contributed by atoms with Gasteiger partial charge in [0.2, 0.25) is 0 Å². The zero-order chi connectivity index (χ0) is 20.7. The summed E-state index contributed by atoms with van der Waals surface area (Å²) in [7, 11) is 1.64. The Hall–Kier alpha value is -3.68. The molecule has 1 aliphatic heterocycles. The smallest absolute Gasteiger partial charge is 0.296 e. The van der Waals surface area contributed by atoms with Crippen LogP contribution in [0.5, 0.6) is 0 Å². The fourth-order valence-electron chi connectivity index (χ4n) is 3.68. The molecule has 1 aromatic carbocycles. The van der Waals surface area contributed by atoms with Crippen LogP contribution in [0.25, 0.3) is 0 Å². The number of anilines is 1. The lowest BCUT2D eigenvalue weighted by Gasteiger charge is -2.09. The first-order valence-corrected chi connectivity index (χ1v) is 10.0. The van der Waals surface area contributed by atoms with E-state index in [0.717, 1.165) is 25.2 Å². The maximum Gasteiger partial charge on any atom is 0.296 e. The number of amides is 2. The topological polar surface area (TPSA) is 93.3 Å². The Morgan fingerprint density at radius 2 is 2.00 bits per heavy atom. The van der Waals surface area contributed by atoms with Gasteiger partial charge in [0, 0.05) is 31.9 Å². The maximum absolute atomic E-state index is 12.9. The van der Waals surface area contributed by atoms with Gasteiger partial charge in [0.15, 0.2) is 0 Å². The molecule has 0 radical (unpaired) electrons. The fraction of sp³-hybridized carbons (Fsp3) is 0.273. The minimum Gasteiger partial charge on any atom is -0.363 e. The molecule has 2 N–H and O–H groups in total. The van der Waals surface area contributed by atoms with Gasteiger partial charge in [-0.2, -0.15) is 5.10 Å². The molecule has 8 heteroatoms. The Bertz CT molecular complexity index is 1190. The summed E-state index contributed by atoms with van der Waals surface area (Å²) in [4.78, 5) is 29.6. The second kappa shape index (κ2) is 7.29. The number of benzene rings is 1. The van der Waals surface area contributed by atoms with E-state index in [-0.39, 0.29) is 29.2 Å². The zero-order valence-corrected chi connectivity index (χ0v) is 16.6. The van der Waals surface area contributed by atoms with E-state index in [9.17, 15) is 9.59 Å². The predicted octanol–water partition coefficient (Wildman–Crippen LogP) is 2.02. The van der Waals surface area contributed by atoms with E-state index in [2.05, 4.69) is 37.4 Å². The summed E-state index contributed by atoms with van der Waals surface area (Å²) in [5.74, 6) is 0.133. The van der Waals surface area contributed by atoms with Crippen LogP contribution in [0.2, 0.25) is 0 Å². The van der Waals surface area contributed by atoms with Crippen LogP contribution in [0.4, 0.5) is 5.82 Å². The molecule has 2 amide bonds. The second-order valence-electron chi connectivity index (χ2n) is 7.73. The van der Waals surface area contributed by atoms with Crippen molar-refractivity contribution in [1.82, 2.24) is 19.7 Å². The lowest BCUT2D eigenvalue weighted by molar-refractivity contribution is 0.0931. The number of aromatic nitrogens is 3. The van der Waals surface area contributed by atoms with Crippen LogP contribution >= 0.6 is 0 Å². The SMILES string of the molecule is Cn1ncc(C(=O)NC2CC2)c1C(=O)N=c1ccn2c(c1)NC(c1ccccc1)C2. The highest BCUT2D eigenvalue weighted by Gasteiger charge is 2.28. The maximum atomic E-state index is 12.9. The van der Waals surface area contributed by atoms with Crippen LogP contribution < -0.4 is 16.0 Å². The normalized spacial score (nSPS) is 18.0. The number of rotatable bonds is 4. The highest BCUT2D eigenvalue weighted by molar-refractivity contribution is 6.06. The summed E-state index contributed by atoms with van der Waals surface area (Å²) in [5.41, 5.74) is 1.66. The van der Waals surface area contributed by atoms with Gasteiger partial charge in [0.1, 0.15) is 11.5 Å². The van der Waals surface area contributed by atoms with E-state index in [0.29, 0.717) is 5.36 Å². The van der Waals surface area contributed by atoms with Gasteiger partial charge in [-0.1, -0.05) is 30.3 Å². The van der Waals surface area contributed by atoms with Gasteiger partial charge >= 0.3 is 0 Å². The molecule has 1 fully saturated rings. The van der Waals surface area contributed by atoms with Crippen molar-refractivity contribution in [1.29, 1.82) is 0 Å². The molecular formula is C22H22N6O2. The number of carbonyl (C=O) groups is 2. The minimum absolute atomic E-state index is 0.173. The molecule has 2 aromatic heterocycles. The molecule has 30 heavy (non-hydrogen) atoms. The summed E-state index contributed by atoms with van der Waals surface area (Å²) in [6.07, 6.45) is 5.29. The third-order valence-electron chi connectivity index (χ3n) is 5.45. The molecule has 0 spiro atoms. The Labute approximate surface area is 173 Å². The van der Waals surface area contributed by atoms with Crippen molar-refractivity contribution in [2.24, 2.45) is 12.0 Å². The number of pyridine rings is 1. The molecule has 8 nitrogen and oxygen atoms in total. The van der Waals surface area contributed by atoms with Crippen molar-refractivity contribution in [3.05, 3.63) is 77.0 Å². The third kappa shape index (κ3) is 3.52. The van der Waals surface area contributed by atoms with E-state index in [1.807, 2.05) is 30.5 Å². The summed E-state index contributed by atoms with van der Waals surface area (Å²) in [5, 5.41) is 11.0. The lowest BCUT2D eigenvalue weighted by Crippen LogP contribution is -2.27. The summed E-state index contributed by atoms with van der Waals surface area (Å²) in [6.45, 7) is 0.806. The van der Waals surface area contributed by atoms with Crippen LogP contribution in [0.15, 0.2) is 59.9 Å². The predicted molar refractivity (Wildman–Crippen MR) is 111 cm³/mol. The first-order valence-electron chi connectivity index (χ1n) is 10.0. The van der Waals surface area contributed by atoms with Crippen LogP contribution in [0, 0.1) is 0 Å². The molecule has 3 heterocycles. The monoisotopic (exact) mass is 402 g/mol. The highest BCUT2D eigenvalue weighted by atomic mass is 16.2. The van der Waals surface area contributed by atoms with Crippen molar-refractivity contribution in [2.45, 2.75) is 31.5 Å². The van der Waals surface area contributed by atoms with E-state index >= 15 is 0 Å². The minimum atomic E-state index is -0.487. The molecule has 3 aromatic rings. The van der Waals surface area contributed by atoms with Gasteiger partial charge in [0.25, 0.3) is 11.8 Å². The molecule has 2 aliphatic rings. The molecule has 5 rings (SSSR count). The van der Waals surface area contributed by atoms with Crippen molar-refractivity contribution >= 4 is 17.6 Å². The third-order valence-corrected chi connectivity index (χ3v) is 5.45. The van der Waals surface area contributed by atoms with Crippen molar-refractivity contribution < 1.29 is 9.59 Å². The van der Waals surface area contributed by atoms with Crippen molar-refractivity contribution in [2.75, 3.05) is 5.32 Å². The molecular weight excluding hydrogens is 380 g/mol. The molecule has 0 saturated heterocycles. The van der Waals surface area contributed by atoms with E-state index in [1.54, 1.807) is 13.1 Å². The number of hydrogen-bond donors (Lipinski definition) is 2. The van der Waals surface area contributed by atoms with Gasteiger partial charge < -0.3 is 15.2 Å². The van der Waals surface area contributed by atoms with E-state index < -0.39 is 5.91 Å². The standard InChI is InChI=1S/C22H22N6O2/c1-27-20(17(12-23-27)21(29)24-15-7-8-15)22(30)25-16-9-10-28-13-18(26-19(28)11-16)14-5-3-2-4-6-14/h2-6,9-12,15,18,26H,7-8,13H2,1H3,(H,24,29). The summed E-state index contributed by atoms with van der Waals surface area (Å²) in [6, 6.07) is 14.3. The average molecular weight is 402 g/mol. The molecule has 1 unspecified atom stereocenters. The first-order chi connectivity index (χ1) is 14.6. The van der Waals surface area contributed by atoms with Crippen LogP contribution in [-0.4, -0.2) is 32.2 Å². The van der Waals surface area contributed by atoms with Gasteiger partial charge in [0.05, 0.1) is 23.2 Å². The Kier molecular flexibility index (Phi) is 4.46. The number of nitrogens with one attached hydrogen (secondary N) is 2. The second-order valence-corrected chi connectivity index (χ2v) is 7.73. The van der Waals surface area contributed by atoms with Crippen molar-refractivity contribution in [3.63, 3.8) is 0 Å². The summed E-state index contributed by atoms with van der Waals surface area (Å²) >= 11 is 0. The molecule has 1 aliphatic carbocycles. The van der Waals surface area contributed by atoms with Gasteiger partial charge in [-0.25, -0.2) is 4.99 Å². The van der Waals surface area contributed by atoms with E-state index in [4.69, 9.17) is 0 Å². The Morgan fingerprint density at radius 3 is 2.77 bits per heavy atom. The summed E-state index contributed by atoms with van der Waals surface area (Å²) < 4.78 is 3.50. The first kappa shape index (κ1) is 18.4. The average Bonchev–Trinajstić information content (AvgIpc) is 3.31. The highest BCUT2D eigenvalue weighted by Crippen LogP contribution is 2.27. The van der Waals surface area contributed by atoms with Gasteiger partial charge in [-0.05, 0) is 24.5 Å². The largest absolute Gasteiger partial charge is 0.363 e. The van der Waals surface area contributed by atoms with Crippen LogP contribution in [0.1, 0.15) is 45.3 Å². The van der Waals surface area contributed by atoms with Crippen LogP contribution in [-0.2, 0) is 13.6 Å².